The second-order valence-corrected chi connectivity index (χ2v) is 6.90. The molecule has 0 unspecified atom stereocenters. The van der Waals surface area contributed by atoms with E-state index in [1.54, 1.807) is 11.3 Å². The van der Waals surface area contributed by atoms with Crippen molar-refractivity contribution >= 4 is 17.2 Å². The van der Waals surface area contributed by atoms with Crippen LogP contribution in [-0.2, 0) is 6.54 Å². The number of carbonyl (C=O) groups excluding carboxylic acids is 1. The van der Waals surface area contributed by atoms with E-state index in [1.165, 1.54) is 4.88 Å². The molecule has 0 aromatic carbocycles. The molecule has 2 aromatic rings. The van der Waals surface area contributed by atoms with Gasteiger partial charge in [0.05, 0.1) is 12.1 Å². The van der Waals surface area contributed by atoms with E-state index in [1.807, 2.05) is 27.1 Å². The van der Waals surface area contributed by atoms with Crippen molar-refractivity contribution in [2.75, 3.05) is 27.2 Å². The van der Waals surface area contributed by atoms with Crippen molar-refractivity contribution in [1.82, 2.24) is 14.8 Å². The van der Waals surface area contributed by atoms with Crippen molar-refractivity contribution in [1.29, 1.82) is 0 Å². The van der Waals surface area contributed by atoms with Crippen molar-refractivity contribution < 1.29 is 4.79 Å². The van der Waals surface area contributed by atoms with Gasteiger partial charge in [-0.15, -0.1) is 11.3 Å². The van der Waals surface area contributed by atoms with Gasteiger partial charge in [-0.05, 0) is 58.4 Å². The smallest absolute Gasteiger partial charge is 0.253 e. The van der Waals surface area contributed by atoms with Gasteiger partial charge in [-0.1, -0.05) is 6.07 Å². The van der Waals surface area contributed by atoms with Crippen LogP contribution in [0.3, 0.4) is 0 Å². The molecule has 4 nitrogen and oxygen atoms in total. The minimum absolute atomic E-state index is 0.0317. The van der Waals surface area contributed by atoms with Crippen LogP contribution in [-0.4, -0.2) is 42.6 Å². The molecule has 2 rings (SSSR count). The lowest BCUT2D eigenvalue weighted by atomic mass is 10.2. The normalized spacial score (nSPS) is 11.1. The number of thiophene rings is 1. The lowest BCUT2D eigenvalue weighted by Gasteiger charge is -2.10. The first kappa shape index (κ1) is 16.8. The highest BCUT2D eigenvalue weighted by atomic mass is 32.1. The van der Waals surface area contributed by atoms with Gasteiger partial charge in [0.15, 0.2) is 0 Å². The van der Waals surface area contributed by atoms with Gasteiger partial charge >= 0.3 is 0 Å². The summed E-state index contributed by atoms with van der Waals surface area (Å²) in [4.78, 5) is 15.8. The summed E-state index contributed by atoms with van der Waals surface area (Å²) in [6.07, 6.45) is 0.965. The first-order valence-electron chi connectivity index (χ1n) is 7.61. The van der Waals surface area contributed by atoms with Crippen LogP contribution >= 0.6 is 11.3 Å². The highest BCUT2D eigenvalue weighted by Crippen LogP contribution is 2.19. The Labute approximate surface area is 136 Å². The number of nitrogens with zero attached hydrogens (tertiary/aromatic N) is 2. The Hall–Kier alpha value is -1.59. The molecule has 0 saturated carbocycles. The number of hydrogen-bond acceptors (Lipinski definition) is 3. The summed E-state index contributed by atoms with van der Waals surface area (Å²) in [7, 11) is 4.08. The molecule has 2 aromatic heterocycles. The van der Waals surface area contributed by atoms with Crippen LogP contribution in [0.15, 0.2) is 23.6 Å². The summed E-state index contributed by atoms with van der Waals surface area (Å²) in [5.74, 6) is 0.0317. The predicted molar refractivity (Wildman–Crippen MR) is 92.8 cm³/mol. The number of hydrogen-bond donors (Lipinski definition) is 1. The minimum atomic E-state index is 0.0317. The van der Waals surface area contributed by atoms with Gasteiger partial charge in [0.25, 0.3) is 5.91 Å². The largest absolute Gasteiger partial charge is 0.352 e. The molecule has 0 aliphatic heterocycles. The average molecular weight is 319 g/mol. The molecule has 0 bridgehead atoms. The molecule has 0 saturated heterocycles. The maximum Gasteiger partial charge on any atom is 0.253 e. The van der Waals surface area contributed by atoms with Crippen LogP contribution < -0.4 is 5.32 Å². The van der Waals surface area contributed by atoms with Crippen molar-refractivity contribution in [3.05, 3.63) is 45.4 Å². The zero-order valence-corrected chi connectivity index (χ0v) is 14.7. The Bertz CT molecular complexity index is 614. The van der Waals surface area contributed by atoms with Crippen LogP contribution in [0.5, 0.6) is 0 Å². The molecule has 5 heteroatoms. The number of aryl methyl sites for hydroxylation is 1. The Morgan fingerprint density at radius 1 is 1.36 bits per heavy atom. The Kier molecular flexibility index (Phi) is 5.80. The van der Waals surface area contributed by atoms with Crippen molar-refractivity contribution in [2.24, 2.45) is 0 Å². The monoisotopic (exact) mass is 319 g/mol. The third-order valence-corrected chi connectivity index (χ3v) is 4.64. The number of amides is 1. The highest BCUT2D eigenvalue weighted by Gasteiger charge is 2.15. The van der Waals surface area contributed by atoms with Crippen molar-refractivity contribution in [3.63, 3.8) is 0 Å². The van der Waals surface area contributed by atoms with Crippen LogP contribution in [0, 0.1) is 13.8 Å². The number of aromatic nitrogens is 1. The van der Waals surface area contributed by atoms with E-state index in [0.717, 1.165) is 36.5 Å². The lowest BCUT2D eigenvalue weighted by molar-refractivity contribution is 0.0951. The fraction of sp³-hybridized carbons (Fsp3) is 0.471. The van der Waals surface area contributed by atoms with Crippen LogP contribution in [0.4, 0.5) is 0 Å². The van der Waals surface area contributed by atoms with Gasteiger partial charge in [0.1, 0.15) is 0 Å². The van der Waals surface area contributed by atoms with Gasteiger partial charge in [-0.2, -0.15) is 0 Å². The molecule has 1 amide bonds. The van der Waals surface area contributed by atoms with E-state index >= 15 is 0 Å². The Balaban J connectivity index is 2.01. The molecule has 1 N–H and O–H groups in total. The molecule has 0 fully saturated rings. The number of carbonyl (C=O) groups is 1. The fourth-order valence-electron chi connectivity index (χ4n) is 2.53. The molecule has 22 heavy (non-hydrogen) atoms. The second kappa shape index (κ2) is 7.61. The molecule has 0 spiro atoms. The van der Waals surface area contributed by atoms with E-state index in [2.05, 4.69) is 39.2 Å². The minimum Gasteiger partial charge on any atom is -0.352 e. The van der Waals surface area contributed by atoms with Gasteiger partial charge in [-0.3, -0.25) is 4.79 Å². The molecule has 0 aliphatic carbocycles. The summed E-state index contributed by atoms with van der Waals surface area (Å²) in [5.41, 5.74) is 2.96. The van der Waals surface area contributed by atoms with E-state index in [0.29, 0.717) is 6.54 Å². The third-order valence-electron chi connectivity index (χ3n) is 3.78. The van der Waals surface area contributed by atoms with Crippen LogP contribution in [0.2, 0.25) is 0 Å². The maximum atomic E-state index is 12.3. The predicted octanol–water partition coefficient (Wildman–Crippen LogP) is 2.90. The molecule has 0 atom stereocenters. The third kappa shape index (κ3) is 4.21. The average Bonchev–Trinajstić information content (AvgIpc) is 3.07. The first-order chi connectivity index (χ1) is 10.5. The topological polar surface area (TPSA) is 37.3 Å². The van der Waals surface area contributed by atoms with Crippen LogP contribution in [0.1, 0.15) is 33.0 Å². The lowest BCUT2D eigenvalue weighted by Crippen LogP contribution is -2.27. The van der Waals surface area contributed by atoms with Gasteiger partial charge in [0, 0.05) is 22.8 Å². The van der Waals surface area contributed by atoms with E-state index < -0.39 is 0 Å². The van der Waals surface area contributed by atoms with Gasteiger partial charge < -0.3 is 14.8 Å². The second-order valence-electron chi connectivity index (χ2n) is 5.86. The van der Waals surface area contributed by atoms with E-state index in [4.69, 9.17) is 0 Å². The molecule has 0 aliphatic rings. The number of nitrogens with one attached hydrogen (secondary N) is 1. The Morgan fingerprint density at radius 2 is 2.14 bits per heavy atom. The molecule has 0 radical (unpaired) electrons. The summed E-state index contributed by atoms with van der Waals surface area (Å²) in [5, 5.41) is 5.10. The quantitative estimate of drug-likeness (QED) is 0.797. The summed E-state index contributed by atoms with van der Waals surface area (Å²) in [6, 6.07) is 6.18. The van der Waals surface area contributed by atoms with Crippen molar-refractivity contribution in [3.8, 4) is 0 Å². The maximum absolute atomic E-state index is 12.3. The summed E-state index contributed by atoms with van der Waals surface area (Å²) < 4.78 is 2.21. The number of rotatable bonds is 7. The molecular weight excluding hydrogens is 294 g/mol. The van der Waals surface area contributed by atoms with Gasteiger partial charge in [0.2, 0.25) is 0 Å². The zero-order valence-electron chi connectivity index (χ0n) is 13.8. The molecule has 2 heterocycles. The highest BCUT2D eigenvalue weighted by molar-refractivity contribution is 7.09. The summed E-state index contributed by atoms with van der Waals surface area (Å²) >= 11 is 1.75. The SMILES string of the molecule is Cc1cc(C(=O)NCCCN(C)C)c(C)n1Cc1cccs1. The van der Waals surface area contributed by atoms with E-state index in [-0.39, 0.29) is 5.91 Å². The van der Waals surface area contributed by atoms with Gasteiger partial charge in [-0.25, -0.2) is 0 Å². The Morgan fingerprint density at radius 3 is 2.77 bits per heavy atom. The molecular formula is C17H25N3OS. The molecule has 120 valence electrons. The fourth-order valence-corrected chi connectivity index (χ4v) is 3.22. The van der Waals surface area contributed by atoms with E-state index in [9.17, 15) is 4.79 Å². The first-order valence-corrected chi connectivity index (χ1v) is 8.49. The van der Waals surface area contributed by atoms with Crippen LogP contribution in [0.25, 0.3) is 0 Å². The van der Waals surface area contributed by atoms with Crippen molar-refractivity contribution in [2.45, 2.75) is 26.8 Å². The summed E-state index contributed by atoms with van der Waals surface area (Å²) in [6.45, 7) is 6.62. The standard InChI is InChI=1S/C17H25N3OS/c1-13-11-16(17(21)18-8-6-9-19(3)4)14(2)20(13)12-15-7-5-10-22-15/h5,7,10-11H,6,8-9,12H2,1-4H3,(H,18,21). The zero-order chi connectivity index (χ0) is 16.1.